The molecule has 0 aliphatic carbocycles. The quantitative estimate of drug-likeness (QED) is 0.745. The third-order valence-electron chi connectivity index (χ3n) is 4.03. The van der Waals surface area contributed by atoms with Crippen molar-refractivity contribution in [2.75, 3.05) is 0 Å². The zero-order chi connectivity index (χ0) is 17.9. The monoisotopic (exact) mass is 355 g/mol. The molecule has 1 atom stereocenters. The lowest BCUT2D eigenvalue weighted by molar-refractivity contribution is 0.571. The van der Waals surface area contributed by atoms with E-state index in [0.29, 0.717) is 0 Å². The summed E-state index contributed by atoms with van der Waals surface area (Å²) in [5.74, 6) is -0.475. The zero-order valence-electron chi connectivity index (χ0n) is 13.7. The molecule has 0 saturated carbocycles. The third kappa shape index (κ3) is 3.95. The highest BCUT2D eigenvalue weighted by Gasteiger charge is 2.23. The van der Waals surface area contributed by atoms with Gasteiger partial charge < -0.3 is 0 Å². The molecule has 0 aliphatic rings. The van der Waals surface area contributed by atoms with Gasteiger partial charge in [0.1, 0.15) is 5.82 Å². The second kappa shape index (κ2) is 7.17. The van der Waals surface area contributed by atoms with Crippen LogP contribution in [0, 0.1) is 12.7 Å². The van der Waals surface area contributed by atoms with Gasteiger partial charge in [0.25, 0.3) is 0 Å². The van der Waals surface area contributed by atoms with Crippen LogP contribution in [0.1, 0.15) is 22.7 Å². The highest BCUT2D eigenvalue weighted by Crippen LogP contribution is 2.27. The van der Waals surface area contributed by atoms with E-state index in [1.54, 1.807) is 0 Å². The first kappa shape index (κ1) is 17.3. The van der Waals surface area contributed by atoms with E-state index >= 15 is 0 Å². The van der Waals surface area contributed by atoms with Crippen LogP contribution in [-0.4, -0.2) is 8.42 Å². The lowest BCUT2D eigenvalue weighted by atomic mass is 9.96. The van der Waals surface area contributed by atoms with Gasteiger partial charge in [0.15, 0.2) is 0 Å². The Bertz CT molecular complexity index is 955. The van der Waals surface area contributed by atoms with Crippen LogP contribution in [0.3, 0.4) is 0 Å². The summed E-state index contributed by atoms with van der Waals surface area (Å²) in [5.41, 5.74) is 2.69. The lowest BCUT2D eigenvalue weighted by Gasteiger charge is -2.21. The lowest BCUT2D eigenvalue weighted by Crippen LogP contribution is -2.30. The summed E-state index contributed by atoms with van der Waals surface area (Å²) < 4.78 is 41.4. The summed E-state index contributed by atoms with van der Waals surface area (Å²) in [5, 5.41) is 0. The fourth-order valence-electron chi connectivity index (χ4n) is 2.70. The minimum Gasteiger partial charge on any atom is -0.207 e. The molecule has 0 fully saturated rings. The molecule has 25 heavy (non-hydrogen) atoms. The Morgan fingerprint density at radius 3 is 2.08 bits per heavy atom. The van der Waals surface area contributed by atoms with Crippen molar-refractivity contribution in [3.8, 4) is 0 Å². The summed E-state index contributed by atoms with van der Waals surface area (Å²) in [7, 11) is -3.81. The van der Waals surface area contributed by atoms with Crippen LogP contribution < -0.4 is 4.72 Å². The van der Waals surface area contributed by atoms with E-state index in [2.05, 4.69) is 4.72 Å². The molecule has 128 valence electrons. The topological polar surface area (TPSA) is 46.2 Å². The number of sulfonamides is 1. The maximum absolute atomic E-state index is 13.1. The number of hydrogen-bond acceptors (Lipinski definition) is 2. The van der Waals surface area contributed by atoms with Crippen LogP contribution in [0.15, 0.2) is 83.8 Å². The molecule has 0 aliphatic heterocycles. The molecule has 0 aromatic heterocycles. The van der Waals surface area contributed by atoms with Gasteiger partial charge in [0, 0.05) is 0 Å². The Labute approximate surface area is 147 Å². The van der Waals surface area contributed by atoms with Crippen LogP contribution in [0.2, 0.25) is 0 Å². The largest absolute Gasteiger partial charge is 0.241 e. The van der Waals surface area contributed by atoms with Crippen LogP contribution >= 0.6 is 0 Å². The molecule has 3 aromatic rings. The van der Waals surface area contributed by atoms with Gasteiger partial charge in [0.05, 0.1) is 10.9 Å². The number of nitrogens with one attached hydrogen (secondary N) is 1. The molecule has 3 rings (SSSR count). The summed E-state index contributed by atoms with van der Waals surface area (Å²) >= 11 is 0. The van der Waals surface area contributed by atoms with Gasteiger partial charge in [0.2, 0.25) is 10.0 Å². The molecule has 0 spiro atoms. The minimum atomic E-state index is -3.81. The smallest absolute Gasteiger partial charge is 0.207 e. The fourth-order valence-corrected chi connectivity index (χ4v) is 3.91. The number of halogens is 1. The molecule has 0 bridgehead atoms. The molecule has 3 nitrogen and oxygen atoms in total. The Balaban J connectivity index is 2.04. The van der Waals surface area contributed by atoms with Crippen LogP contribution in [0.5, 0.6) is 0 Å². The number of benzene rings is 3. The summed E-state index contributed by atoms with van der Waals surface area (Å²) in [6.07, 6.45) is 0. The minimum absolute atomic E-state index is 0.0309. The van der Waals surface area contributed by atoms with E-state index in [1.807, 2.05) is 61.5 Å². The Morgan fingerprint density at radius 2 is 1.44 bits per heavy atom. The Kier molecular flexibility index (Phi) is 4.97. The molecule has 3 aromatic carbocycles. The summed E-state index contributed by atoms with van der Waals surface area (Å²) in [4.78, 5) is 0.0309. The van der Waals surface area contributed by atoms with E-state index in [0.717, 1.165) is 28.8 Å². The molecule has 0 saturated heterocycles. The van der Waals surface area contributed by atoms with E-state index in [-0.39, 0.29) is 4.90 Å². The zero-order valence-corrected chi connectivity index (χ0v) is 14.5. The molecular formula is C20H18FNO2S. The van der Waals surface area contributed by atoms with E-state index in [9.17, 15) is 12.8 Å². The number of rotatable bonds is 5. The van der Waals surface area contributed by atoms with Gasteiger partial charge in [-0.05, 0) is 47.9 Å². The molecule has 0 unspecified atom stereocenters. The van der Waals surface area contributed by atoms with Gasteiger partial charge in [-0.15, -0.1) is 0 Å². The Hall–Kier alpha value is -2.50. The maximum atomic E-state index is 13.1. The molecular weight excluding hydrogens is 337 g/mol. The van der Waals surface area contributed by atoms with Crippen molar-refractivity contribution >= 4 is 10.0 Å². The first-order valence-electron chi connectivity index (χ1n) is 7.86. The second-order valence-electron chi connectivity index (χ2n) is 5.78. The van der Waals surface area contributed by atoms with Crippen molar-refractivity contribution in [1.29, 1.82) is 0 Å². The van der Waals surface area contributed by atoms with E-state index in [1.165, 1.54) is 12.1 Å². The van der Waals surface area contributed by atoms with Crippen molar-refractivity contribution in [1.82, 2.24) is 4.72 Å². The normalized spacial score (nSPS) is 12.7. The summed E-state index contributed by atoms with van der Waals surface area (Å²) in [6.45, 7) is 1.94. The van der Waals surface area contributed by atoms with Gasteiger partial charge in [-0.3, -0.25) is 0 Å². The van der Waals surface area contributed by atoms with Crippen molar-refractivity contribution in [3.63, 3.8) is 0 Å². The highest BCUT2D eigenvalue weighted by molar-refractivity contribution is 7.89. The van der Waals surface area contributed by atoms with Crippen LogP contribution in [-0.2, 0) is 10.0 Å². The molecule has 1 N–H and O–H groups in total. The SMILES string of the molecule is Cc1ccccc1[C@H](NS(=O)(=O)c1ccc(F)cc1)c1ccccc1. The van der Waals surface area contributed by atoms with Gasteiger partial charge in [-0.25, -0.2) is 12.8 Å². The van der Waals surface area contributed by atoms with Crippen molar-refractivity contribution in [2.24, 2.45) is 0 Å². The van der Waals surface area contributed by atoms with Gasteiger partial charge >= 0.3 is 0 Å². The third-order valence-corrected chi connectivity index (χ3v) is 5.47. The molecule has 0 heterocycles. The number of aryl methyl sites for hydroxylation is 1. The van der Waals surface area contributed by atoms with Gasteiger partial charge in [-0.1, -0.05) is 54.6 Å². The first-order chi connectivity index (χ1) is 12.0. The van der Waals surface area contributed by atoms with Gasteiger partial charge in [-0.2, -0.15) is 4.72 Å². The molecule has 0 radical (unpaired) electrons. The molecule has 0 amide bonds. The van der Waals surface area contributed by atoms with Crippen LogP contribution in [0.4, 0.5) is 4.39 Å². The molecule has 5 heteroatoms. The predicted molar refractivity (Wildman–Crippen MR) is 96.2 cm³/mol. The first-order valence-corrected chi connectivity index (χ1v) is 9.34. The average Bonchev–Trinajstić information content (AvgIpc) is 2.61. The second-order valence-corrected chi connectivity index (χ2v) is 7.49. The van der Waals surface area contributed by atoms with E-state index < -0.39 is 21.9 Å². The maximum Gasteiger partial charge on any atom is 0.241 e. The standard InChI is InChI=1S/C20H18FNO2S/c1-15-7-5-6-10-19(15)20(16-8-3-2-4-9-16)22-25(23,24)18-13-11-17(21)12-14-18/h2-14,20,22H,1H3/t20-/m1/s1. The van der Waals surface area contributed by atoms with Crippen molar-refractivity contribution in [2.45, 2.75) is 17.9 Å². The highest BCUT2D eigenvalue weighted by atomic mass is 32.2. The van der Waals surface area contributed by atoms with Crippen molar-refractivity contribution in [3.05, 3.63) is 101 Å². The number of hydrogen-bond donors (Lipinski definition) is 1. The van der Waals surface area contributed by atoms with E-state index in [4.69, 9.17) is 0 Å². The predicted octanol–water partition coefficient (Wildman–Crippen LogP) is 4.20. The Morgan fingerprint density at radius 1 is 0.840 bits per heavy atom. The fraction of sp³-hybridized carbons (Fsp3) is 0.100. The van der Waals surface area contributed by atoms with Crippen LogP contribution in [0.25, 0.3) is 0 Å². The average molecular weight is 355 g/mol. The van der Waals surface area contributed by atoms with Crippen molar-refractivity contribution < 1.29 is 12.8 Å². The summed E-state index contributed by atoms with van der Waals surface area (Å²) in [6, 6.07) is 21.3.